The molecular formula is C23H17F3N2O7S2. The van der Waals surface area contributed by atoms with Gasteiger partial charge >= 0.3 is 11.5 Å². The van der Waals surface area contributed by atoms with Gasteiger partial charge in [-0.25, -0.2) is 18.2 Å². The molecule has 37 heavy (non-hydrogen) atoms. The van der Waals surface area contributed by atoms with E-state index in [1.54, 1.807) is 12.1 Å². The molecule has 0 bridgehead atoms. The van der Waals surface area contributed by atoms with Gasteiger partial charge in [0.05, 0.1) is 5.56 Å². The first-order valence-electron chi connectivity index (χ1n) is 10.3. The molecule has 1 aliphatic heterocycles. The Hall–Kier alpha value is -3.75. The number of nitrogens with zero attached hydrogens (tertiary/aromatic N) is 2. The molecule has 0 spiro atoms. The van der Waals surface area contributed by atoms with Gasteiger partial charge in [-0.1, -0.05) is 36.4 Å². The minimum atomic E-state index is -6.09. The topological polar surface area (TPSA) is 134 Å². The van der Waals surface area contributed by atoms with Gasteiger partial charge in [0.15, 0.2) is 19.9 Å². The Bertz CT molecular complexity index is 1310. The minimum Gasteiger partial charge on any atom is -0.741 e. The molecule has 0 atom stereocenters. The fourth-order valence-electron chi connectivity index (χ4n) is 2.91. The smallest absolute Gasteiger partial charge is 0.485 e. The number of imide groups is 1. The van der Waals surface area contributed by atoms with Crippen molar-refractivity contribution in [3.8, 4) is 0 Å². The van der Waals surface area contributed by atoms with Crippen LogP contribution in [0.5, 0.6) is 0 Å². The minimum absolute atomic E-state index is 0.0558. The van der Waals surface area contributed by atoms with Crippen LogP contribution in [0.25, 0.3) is 0 Å². The van der Waals surface area contributed by atoms with Crippen LogP contribution >= 0.6 is 0 Å². The van der Waals surface area contributed by atoms with Crippen LogP contribution in [0.4, 0.5) is 13.2 Å². The van der Waals surface area contributed by atoms with Crippen LogP contribution in [0, 0.1) is 0 Å². The lowest BCUT2D eigenvalue weighted by molar-refractivity contribution is -0.172. The second-order valence-electron chi connectivity index (χ2n) is 7.18. The number of carbonyl (C=O) groups is 3. The summed E-state index contributed by atoms with van der Waals surface area (Å²) in [6.07, 6.45) is 1.52. The van der Waals surface area contributed by atoms with Crippen LogP contribution in [0.3, 0.4) is 0 Å². The summed E-state index contributed by atoms with van der Waals surface area (Å²) in [7, 11) is -6.52. The van der Waals surface area contributed by atoms with Gasteiger partial charge in [-0.3, -0.25) is 9.59 Å². The fourth-order valence-corrected chi connectivity index (χ4v) is 4.88. The normalized spacial score (nSPS) is 13.8. The van der Waals surface area contributed by atoms with Gasteiger partial charge in [-0.05, 0) is 30.3 Å². The molecule has 0 saturated carbocycles. The number of hydrogen-bond donors (Lipinski definition) is 0. The quantitative estimate of drug-likeness (QED) is 0.203. The Morgan fingerprint density at radius 2 is 1.35 bits per heavy atom. The van der Waals surface area contributed by atoms with E-state index >= 15 is 0 Å². The van der Waals surface area contributed by atoms with Crippen molar-refractivity contribution >= 4 is 38.8 Å². The van der Waals surface area contributed by atoms with E-state index in [9.17, 15) is 27.6 Å². The molecule has 14 heteroatoms. The molecule has 0 unspecified atom stereocenters. The maximum absolute atomic E-state index is 12.3. The van der Waals surface area contributed by atoms with Crippen LogP contribution in [0.2, 0.25) is 0 Å². The summed E-state index contributed by atoms with van der Waals surface area (Å²) in [6, 6.07) is 23.4. The van der Waals surface area contributed by atoms with E-state index < -0.39 is 44.3 Å². The summed E-state index contributed by atoms with van der Waals surface area (Å²) >= 11 is 0. The van der Waals surface area contributed by atoms with Crippen molar-refractivity contribution in [3.05, 3.63) is 84.6 Å². The van der Waals surface area contributed by atoms with E-state index in [1.807, 2.05) is 60.7 Å². The molecule has 1 aromatic heterocycles. The molecule has 2 amide bonds. The van der Waals surface area contributed by atoms with Crippen molar-refractivity contribution in [2.75, 3.05) is 0 Å². The number of carbonyl (C=O) groups excluding carboxylic acids is 3. The van der Waals surface area contributed by atoms with E-state index in [-0.39, 0.29) is 18.4 Å². The van der Waals surface area contributed by atoms with Crippen molar-refractivity contribution in [2.24, 2.45) is 0 Å². The molecule has 1 fully saturated rings. The van der Waals surface area contributed by atoms with E-state index in [2.05, 4.69) is 4.98 Å². The number of pyridine rings is 1. The summed E-state index contributed by atoms with van der Waals surface area (Å²) in [5.41, 5.74) is -5.47. The van der Waals surface area contributed by atoms with Crippen molar-refractivity contribution in [1.29, 1.82) is 0 Å². The molecule has 3 aromatic rings. The largest absolute Gasteiger partial charge is 0.741 e. The van der Waals surface area contributed by atoms with Crippen LogP contribution in [0.1, 0.15) is 23.2 Å². The number of amides is 2. The van der Waals surface area contributed by atoms with Gasteiger partial charge in [0, 0.05) is 25.1 Å². The second kappa shape index (κ2) is 11.5. The van der Waals surface area contributed by atoms with E-state index in [0.717, 1.165) is 14.8 Å². The molecule has 2 heterocycles. The van der Waals surface area contributed by atoms with Crippen molar-refractivity contribution in [2.45, 2.75) is 33.2 Å². The zero-order valence-electron chi connectivity index (χ0n) is 18.6. The predicted octanol–water partition coefficient (Wildman–Crippen LogP) is 3.45. The third-order valence-electron chi connectivity index (χ3n) is 4.60. The maximum atomic E-state index is 12.3. The first-order chi connectivity index (χ1) is 17.4. The van der Waals surface area contributed by atoms with Crippen LogP contribution in [0.15, 0.2) is 93.8 Å². The van der Waals surface area contributed by atoms with Gasteiger partial charge in [0.25, 0.3) is 16.8 Å². The Morgan fingerprint density at radius 1 is 0.892 bits per heavy atom. The van der Waals surface area contributed by atoms with E-state index in [1.165, 1.54) is 6.20 Å². The molecule has 1 saturated heterocycles. The fraction of sp³-hybridized carbons (Fsp3) is 0.130. The monoisotopic (exact) mass is 554 g/mol. The zero-order chi connectivity index (χ0) is 27.2. The molecular weight excluding hydrogens is 537 g/mol. The molecule has 4 rings (SSSR count). The highest BCUT2D eigenvalue weighted by Gasteiger charge is 2.37. The van der Waals surface area contributed by atoms with Gasteiger partial charge in [-0.15, -0.1) is 5.06 Å². The Labute approximate surface area is 211 Å². The van der Waals surface area contributed by atoms with Gasteiger partial charge in [0.2, 0.25) is 0 Å². The van der Waals surface area contributed by atoms with Crippen molar-refractivity contribution in [1.82, 2.24) is 10.0 Å². The zero-order valence-corrected chi connectivity index (χ0v) is 20.3. The van der Waals surface area contributed by atoms with E-state index in [4.69, 9.17) is 17.8 Å². The first-order valence-corrected chi connectivity index (χ1v) is 12.9. The summed E-state index contributed by atoms with van der Waals surface area (Å²) in [5, 5.41) is 1.33. The molecule has 0 aliphatic carbocycles. The van der Waals surface area contributed by atoms with Gasteiger partial charge < -0.3 is 9.39 Å². The molecule has 2 aromatic carbocycles. The SMILES string of the molecule is O=C(ON1C(=O)CCC1=O)c1ccc([S+](c2ccccc2)c2ccccc2)nc1.O=S(=O)([O-])C(F)(F)F. The lowest BCUT2D eigenvalue weighted by Crippen LogP contribution is -2.32. The molecule has 0 radical (unpaired) electrons. The molecule has 9 nitrogen and oxygen atoms in total. The highest BCUT2D eigenvalue weighted by atomic mass is 32.2. The highest BCUT2D eigenvalue weighted by molar-refractivity contribution is 7.97. The number of hydrogen-bond acceptors (Lipinski definition) is 8. The van der Waals surface area contributed by atoms with Crippen LogP contribution in [-0.4, -0.2) is 46.3 Å². The van der Waals surface area contributed by atoms with Crippen LogP contribution < -0.4 is 0 Å². The first kappa shape index (κ1) is 27.8. The lowest BCUT2D eigenvalue weighted by atomic mass is 10.3. The third kappa shape index (κ3) is 7.15. The number of aromatic nitrogens is 1. The average Bonchev–Trinajstić information content (AvgIpc) is 3.17. The molecule has 1 aliphatic rings. The highest BCUT2D eigenvalue weighted by Crippen LogP contribution is 2.29. The molecule has 194 valence electrons. The third-order valence-corrected chi connectivity index (χ3v) is 7.32. The lowest BCUT2D eigenvalue weighted by Gasteiger charge is -2.12. The number of benzene rings is 2. The Morgan fingerprint density at radius 3 is 1.73 bits per heavy atom. The summed E-state index contributed by atoms with van der Waals surface area (Å²) in [5.74, 6) is -1.81. The van der Waals surface area contributed by atoms with Crippen molar-refractivity contribution in [3.63, 3.8) is 0 Å². The number of alkyl halides is 3. The maximum Gasteiger partial charge on any atom is 0.485 e. The number of rotatable bonds is 5. The van der Waals surface area contributed by atoms with Gasteiger partial charge in [-0.2, -0.15) is 13.2 Å². The standard InChI is InChI=1S/C22H17N2O4S.CHF3O3S/c25-20-13-14-21(26)24(20)28-22(27)16-11-12-19(23-15-16)29(17-7-3-1-4-8-17)18-9-5-2-6-10-18;2-1(3,4)8(5,6)7/h1-12,15H,13-14H2;(H,5,6,7)/q+1;/p-1. The summed E-state index contributed by atoms with van der Waals surface area (Å²) in [4.78, 5) is 47.2. The summed E-state index contributed by atoms with van der Waals surface area (Å²) < 4.78 is 58.9. The Kier molecular flexibility index (Phi) is 8.68. The second-order valence-corrected chi connectivity index (χ2v) is 10.5. The number of halogens is 3. The molecule has 0 N–H and O–H groups in total. The van der Waals surface area contributed by atoms with E-state index in [0.29, 0.717) is 5.06 Å². The predicted molar refractivity (Wildman–Crippen MR) is 122 cm³/mol. The average molecular weight is 555 g/mol. The van der Waals surface area contributed by atoms with Gasteiger partial charge in [0.1, 0.15) is 10.9 Å². The van der Waals surface area contributed by atoms with Crippen molar-refractivity contribution < 1.29 is 45.4 Å². The van der Waals surface area contributed by atoms with Crippen LogP contribution in [-0.2, 0) is 35.4 Å². The number of hydroxylamine groups is 2. The summed E-state index contributed by atoms with van der Waals surface area (Å²) in [6.45, 7) is 0. The Balaban J connectivity index is 0.000000414.